The largest absolute Gasteiger partial charge is 0.306 e. The van der Waals surface area contributed by atoms with Crippen LogP contribution in [0.5, 0.6) is 0 Å². The summed E-state index contributed by atoms with van der Waals surface area (Å²) in [7, 11) is 0. The van der Waals surface area contributed by atoms with Gasteiger partial charge in [-0.05, 0) is 35.9 Å². The summed E-state index contributed by atoms with van der Waals surface area (Å²) >= 11 is 0. The number of aromatic nitrogens is 2. The van der Waals surface area contributed by atoms with Crippen molar-refractivity contribution in [2.24, 2.45) is 0 Å². The number of para-hydroxylation sites is 1. The van der Waals surface area contributed by atoms with Gasteiger partial charge in [0.1, 0.15) is 5.82 Å². The van der Waals surface area contributed by atoms with Crippen molar-refractivity contribution in [1.29, 1.82) is 0 Å². The maximum atomic E-state index is 11.9. The molecule has 0 aliphatic rings. The van der Waals surface area contributed by atoms with E-state index in [-0.39, 0.29) is 11.2 Å². The highest BCUT2D eigenvalue weighted by Crippen LogP contribution is 2.14. The lowest BCUT2D eigenvalue weighted by Crippen LogP contribution is -2.09. The standard InChI is InChI=1S/C16H11N3O3/c20-16-13-3-1-2-4-14(13)17-15(18-16)10-7-11-5-8-12(9-6-11)19(21)22/h1-10H,(H,17,18,20). The Morgan fingerprint density at radius 3 is 2.50 bits per heavy atom. The van der Waals surface area contributed by atoms with Gasteiger partial charge in [0, 0.05) is 12.1 Å². The fourth-order valence-electron chi connectivity index (χ4n) is 2.07. The first kappa shape index (κ1) is 13.7. The first-order chi connectivity index (χ1) is 10.6. The number of benzene rings is 2. The second kappa shape index (κ2) is 5.61. The zero-order valence-corrected chi connectivity index (χ0v) is 11.4. The molecule has 0 atom stereocenters. The molecule has 2 aromatic carbocycles. The van der Waals surface area contributed by atoms with E-state index < -0.39 is 4.92 Å². The van der Waals surface area contributed by atoms with E-state index in [9.17, 15) is 14.9 Å². The molecule has 0 spiro atoms. The molecule has 0 saturated heterocycles. The van der Waals surface area contributed by atoms with E-state index in [1.165, 1.54) is 12.1 Å². The molecule has 1 N–H and O–H groups in total. The van der Waals surface area contributed by atoms with Crippen molar-refractivity contribution in [2.45, 2.75) is 0 Å². The van der Waals surface area contributed by atoms with Gasteiger partial charge >= 0.3 is 0 Å². The Hall–Kier alpha value is -3.28. The molecular weight excluding hydrogens is 282 g/mol. The SMILES string of the molecule is O=c1[nH]c(C=Cc2ccc([N+](=O)[O-])cc2)nc2ccccc12. The molecule has 6 heteroatoms. The number of hydrogen-bond donors (Lipinski definition) is 1. The maximum absolute atomic E-state index is 11.9. The molecule has 3 aromatic rings. The van der Waals surface area contributed by atoms with Crippen LogP contribution in [0, 0.1) is 10.1 Å². The van der Waals surface area contributed by atoms with Crippen LogP contribution in [-0.4, -0.2) is 14.9 Å². The zero-order chi connectivity index (χ0) is 15.5. The molecule has 0 unspecified atom stereocenters. The van der Waals surface area contributed by atoms with Crippen LogP contribution in [-0.2, 0) is 0 Å². The average Bonchev–Trinajstić information content (AvgIpc) is 2.53. The quantitative estimate of drug-likeness (QED) is 0.593. The van der Waals surface area contributed by atoms with E-state index in [0.29, 0.717) is 16.7 Å². The molecule has 0 amide bonds. The van der Waals surface area contributed by atoms with Crippen molar-refractivity contribution < 1.29 is 4.92 Å². The summed E-state index contributed by atoms with van der Waals surface area (Å²) in [6, 6.07) is 13.2. The van der Waals surface area contributed by atoms with Crippen molar-refractivity contribution in [2.75, 3.05) is 0 Å². The molecule has 108 valence electrons. The second-order valence-electron chi connectivity index (χ2n) is 4.65. The number of fused-ring (bicyclic) bond motifs is 1. The van der Waals surface area contributed by atoms with Gasteiger partial charge in [0.05, 0.1) is 15.8 Å². The Bertz CT molecular complexity index is 927. The summed E-state index contributed by atoms with van der Waals surface area (Å²) in [5.74, 6) is 0.432. The van der Waals surface area contributed by atoms with Crippen molar-refractivity contribution in [3.05, 3.63) is 80.4 Å². The Kier molecular flexibility index (Phi) is 3.49. The van der Waals surface area contributed by atoms with Crippen LogP contribution in [0.4, 0.5) is 5.69 Å². The topological polar surface area (TPSA) is 88.9 Å². The maximum Gasteiger partial charge on any atom is 0.269 e. The summed E-state index contributed by atoms with van der Waals surface area (Å²) in [6.07, 6.45) is 3.39. The number of aromatic amines is 1. The lowest BCUT2D eigenvalue weighted by Gasteiger charge is -1.98. The summed E-state index contributed by atoms with van der Waals surface area (Å²) in [5, 5.41) is 11.1. The predicted molar refractivity (Wildman–Crippen MR) is 84.4 cm³/mol. The monoisotopic (exact) mass is 293 g/mol. The Labute approximate surface area is 124 Å². The molecular formula is C16H11N3O3. The van der Waals surface area contributed by atoms with Crippen LogP contribution in [0.2, 0.25) is 0 Å². The van der Waals surface area contributed by atoms with Gasteiger partial charge in [-0.15, -0.1) is 0 Å². The molecule has 0 fully saturated rings. The number of hydrogen-bond acceptors (Lipinski definition) is 4. The van der Waals surface area contributed by atoms with Crippen LogP contribution < -0.4 is 5.56 Å². The van der Waals surface area contributed by atoms with E-state index >= 15 is 0 Å². The minimum Gasteiger partial charge on any atom is -0.306 e. The van der Waals surface area contributed by atoms with Gasteiger partial charge in [-0.25, -0.2) is 4.98 Å². The first-order valence-electron chi connectivity index (χ1n) is 6.55. The summed E-state index contributed by atoms with van der Waals surface area (Å²) in [5.41, 5.74) is 1.24. The summed E-state index contributed by atoms with van der Waals surface area (Å²) in [6.45, 7) is 0. The summed E-state index contributed by atoms with van der Waals surface area (Å²) < 4.78 is 0. The van der Waals surface area contributed by atoms with Crippen molar-refractivity contribution in [3.63, 3.8) is 0 Å². The molecule has 1 aromatic heterocycles. The first-order valence-corrected chi connectivity index (χ1v) is 6.55. The number of nitro groups is 1. The third-order valence-corrected chi connectivity index (χ3v) is 3.17. The van der Waals surface area contributed by atoms with E-state index in [0.717, 1.165) is 5.56 Å². The van der Waals surface area contributed by atoms with Gasteiger partial charge in [-0.3, -0.25) is 14.9 Å². The molecule has 3 rings (SSSR count). The smallest absolute Gasteiger partial charge is 0.269 e. The van der Waals surface area contributed by atoms with Crippen LogP contribution in [0.3, 0.4) is 0 Å². The number of rotatable bonds is 3. The zero-order valence-electron chi connectivity index (χ0n) is 11.4. The van der Waals surface area contributed by atoms with Gasteiger partial charge < -0.3 is 4.98 Å². The fraction of sp³-hybridized carbons (Fsp3) is 0. The van der Waals surface area contributed by atoms with Gasteiger partial charge in [-0.2, -0.15) is 0 Å². The number of nitro benzene ring substituents is 1. The summed E-state index contributed by atoms with van der Waals surface area (Å²) in [4.78, 5) is 29.1. The molecule has 6 nitrogen and oxygen atoms in total. The van der Waals surface area contributed by atoms with Crippen LogP contribution >= 0.6 is 0 Å². The third kappa shape index (κ3) is 2.76. The van der Waals surface area contributed by atoms with Gasteiger partial charge in [-0.1, -0.05) is 18.2 Å². The van der Waals surface area contributed by atoms with Gasteiger partial charge in [0.2, 0.25) is 0 Å². The predicted octanol–water partition coefficient (Wildman–Crippen LogP) is 3.00. The number of nitrogens with one attached hydrogen (secondary N) is 1. The molecule has 22 heavy (non-hydrogen) atoms. The van der Waals surface area contributed by atoms with Crippen LogP contribution in [0.15, 0.2) is 53.3 Å². The Morgan fingerprint density at radius 1 is 1.05 bits per heavy atom. The molecule has 0 aliphatic carbocycles. The van der Waals surface area contributed by atoms with E-state index in [1.54, 1.807) is 42.5 Å². The van der Waals surface area contributed by atoms with Crippen LogP contribution in [0.25, 0.3) is 23.1 Å². The van der Waals surface area contributed by atoms with Crippen molar-refractivity contribution >= 4 is 28.7 Å². The van der Waals surface area contributed by atoms with E-state index in [1.807, 2.05) is 6.07 Å². The van der Waals surface area contributed by atoms with Crippen molar-refractivity contribution in [1.82, 2.24) is 9.97 Å². The second-order valence-corrected chi connectivity index (χ2v) is 4.65. The lowest BCUT2D eigenvalue weighted by atomic mass is 10.2. The minimum atomic E-state index is -0.449. The lowest BCUT2D eigenvalue weighted by molar-refractivity contribution is -0.384. The minimum absolute atomic E-state index is 0.0365. The average molecular weight is 293 g/mol. The molecule has 0 saturated carbocycles. The fourth-order valence-corrected chi connectivity index (χ4v) is 2.07. The third-order valence-electron chi connectivity index (χ3n) is 3.17. The molecule has 0 aliphatic heterocycles. The highest BCUT2D eigenvalue weighted by atomic mass is 16.6. The van der Waals surface area contributed by atoms with Gasteiger partial charge in [0.25, 0.3) is 11.2 Å². The number of nitrogens with zero attached hydrogens (tertiary/aromatic N) is 2. The van der Waals surface area contributed by atoms with E-state index in [4.69, 9.17) is 0 Å². The Balaban J connectivity index is 1.92. The molecule has 0 radical (unpaired) electrons. The van der Waals surface area contributed by atoms with Crippen molar-refractivity contribution in [3.8, 4) is 0 Å². The van der Waals surface area contributed by atoms with Gasteiger partial charge in [0.15, 0.2) is 0 Å². The number of H-pyrrole nitrogens is 1. The highest BCUT2D eigenvalue weighted by Gasteiger charge is 2.03. The molecule has 1 heterocycles. The normalized spacial score (nSPS) is 11.1. The van der Waals surface area contributed by atoms with E-state index in [2.05, 4.69) is 9.97 Å². The molecule has 0 bridgehead atoms. The number of non-ortho nitro benzene ring substituents is 1. The Morgan fingerprint density at radius 2 is 1.77 bits per heavy atom. The van der Waals surface area contributed by atoms with Crippen LogP contribution in [0.1, 0.15) is 11.4 Å². The highest BCUT2D eigenvalue weighted by molar-refractivity contribution is 5.79.